The van der Waals surface area contributed by atoms with Crippen LogP contribution in [0.2, 0.25) is 0 Å². The van der Waals surface area contributed by atoms with Crippen molar-refractivity contribution in [1.29, 1.82) is 0 Å². The van der Waals surface area contributed by atoms with Gasteiger partial charge in [0.05, 0.1) is 23.3 Å². The number of halogens is 4. The summed E-state index contributed by atoms with van der Waals surface area (Å²) in [6, 6.07) is 6.29. The minimum atomic E-state index is -4.37. The lowest BCUT2D eigenvalue weighted by Gasteiger charge is -2.09. The molecule has 0 bridgehead atoms. The van der Waals surface area contributed by atoms with Crippen LogP contribution in [0.3, 0.4) is 0 Å². The largest absolute Gasteiger partial charge is 0.411 e. The molecule has 0 aliphatic heterocycles. The molecule has 2 rings (SSSR count). The highest BCUT2D eigenvalue weighted by Gasteiger charge is 2.27. The van der Waals surface area contributed by atoms with Gasteiger partial charge in [0.1, 0.15) is 6.61 Å². The van der Waals surface area contributed by atoms with E-state index in [9.17, 15) is 18.0 Å². The van der Waals surface area contributed by atoms with Gasteiger partial charge in [-0.15, -0.1) is 0 Å². The maximum atomic E-state index is 12.2. The molecule has 136 valence electrons. The minimum absolute atomic E-state index is 0.215. The number of hydrogen-bond donors (Lipinski definition) is 1. The van der Waals surface area contributed by atoms with Crippen LogP contribution in [0, 0.1) is 0 Å². The number of carbonyl (C=O) groups is 1. The van der Waals surface area contributed by atoms with Gasteiger partial charge >= 0.3 is 6.18 Å². The van der Waals surface area contributed by atoms with Crippen molar-refractivity contribution in [2.75, 3.05) is 6.61 Å². The molecule has 1 amide bonds. The van der Waals surface area contributed by atoms with E-state index in [2.05, 4.69) is 31.1 Å². The lowest BCUT2D eigenvalue weighted by Crippen LogP contribution is -2.23. The molecule has 1 N–H and O–H groups in total. The van der Waals surface area contributed by atoms with Crippen LogP contribution >= 0.6 is 15.9 Å². The standard InChI is InChI=1S/C16H17BrF3N3O2/c1-2-23-8-13(17)14(22-23)7-21-15(24)12-5-3-4-11(6-12)9-25-10-16(18,19)20/h3-6,8H,2,7,9-10H2,1H3,(H,21,24). The molecule has 1 heterocycles. The van der Waals surface area contributed by atoms with Crippen molar-refractivity contribution in [3.05, 3.63) is 51.8 Å². The Labute approximate surface area is 151 Å². The van der Waals surface area contributed by atoms with Gasteiger partial charge in [0.25, 0.3) is 5.91 Å². The predicted octanol–water partition coefficient (Wildman–Crippen LogP) is 3.67. The third-order valence-corrected chi connectivity index (χ3v) is 3.91. The van der Waals surface area contributed by atoms with Crippen molar-refractivity contribution >= 4 is 21.8 Å². The first-order valence-corrected chi connectivity index (χ1v) is 8.31. The number of alkyl halides is 3. The fourth-order valence-corrected chi connectivity index (χ4v) is 2.53. The van der Waals surface area contributed by atoms with Crippen LogP contribution in [0.15, 0.2) is 34.9 Å². The number of ether oxygens (including phenoxy) is 1. The summed E-state index contributed by atoms with van der Waals surface area (Å²) in [5.41, 5.74) is 1.53. The Morgan fingerprint density at radius 1 is 1.40 bits per heavy atom. The Balaban J connectivity index is 1.92. The number of benzene rings is 1. The Kier molecular flexibility index (Phi) is 6.60. The van der Waals surface area contributed by atoms with E-state index >= 15 is 0 Å². The molecule has 0 unspecified atom stereocenters. The number of amides is 1. The zero-order chi connectivity index (χ0) is 18.4. The Hall–Kier alpha value is -1.87. The van der Waals surface area contributed by atoms with Gasteiger partial charge in [0.2, 0.25) is 0 Å². The summed E-state index contributed by atoms with van der Waals surface area (Å²) in [5.74, 6) is -0.337. The second-order valence-electron chi connectivity index (χ2n) is 5.27. The van der Waals surface area contributed by atoms with Gasteiger partial charge < -0.3 is 10.1 Å². The first kappa shape index (κ1) is 19.5. The third kappa shape index (κ3) is 6.17. The van der Waals surface area contributed by atoms with Crippen LogP contribution in [0.5, 0.6) is 0 Å². The Morgan fingerprint density at radius 2 is 2.16 bits per heavy atom. The molecule has 0 radical (unpaired) electrons. The van der Waals surface area contributed by atoms with E-state index < -0.39 is 12.8 Å². The first-order valence-electron chi connectivity index (χ1n) is 7.52. The second kappa shape index (κ2) is 8.48. The normalized spacial score (nSPS) is 11.6. The molecule has 25 heavy (non-hydrogen) atoms. The van der Waals surface area contributed by atoms with Crippen molar-refractivity contribution in [3.8, 4) is 0 Å². The summed E-state index contributed by atoms with van der Waals surface area (Å²) in [6.07, 6.45) is -2.55. The minimum Gasteiger partial charge on any atom is -0.367 e. The fraction of sp³-hybridized carbons (Fsp3) is 0.375. The molecule has 1 aromatic heterocycles. The summed E-state index contributed by atoms with van der Waals surface area (Å²) >= 11 is 3.38. The van der Waals surface area contributed by atoms with E-state index in [1.165, 1.54) is 6.07 Å². The number of rotatable bonds is 7. The van der Waals surface area contributed by atoms with E-state index in [1.807, 2.05) is 13.1 Å². The monoisotopic (exact) mass is 419 g/mol. The quantitative estimate of drug-likeness (QED) is 0.744. The smallest absolute Gasteiger partial charge is 0.367 e. The summed E-state index contributed by atoms with van der Waals surface area (Å²) in [5, 5.41) is 7.04. The van der Waals surface area contributed by atoms with Crippen molar-refractivity contribution in [2.24, 2.45) is 0 Å². The average molecular weight is 420 g/mol. The first-order chi connectivity index (χ1) is 11.8. The van der Waals surface area contributed by atoms with Gasteiger partial charge in [-0.3, -0.25) is 9.48 Å². The zero-order valence-electron chi connectivity index (χ0n) is 13.4. The average Bonchev–Trinajstić information content (AvgIpc) is 2.92. The summed E-state index contributed by atoms with van der Waals surface area (Å²) in [7, 11) is 0. The molecule has 2 aromatic rings. The fourth-order valence-electron chi connectivity index (χ4n) is 2.07. The second-order valence-corrected chi connectivity index (χ2v) is 6.12. The molecular formula is C16H17BrF3N3O2. The van der Waals surface area contributed by atoms with Crippen molar-refractivity contribution in [2.45, 2.75) is 32.8 Å². The van der Waals surface area contributed by atoms with Crippen LogP contribution < -0.4 is 5.32 Å². The number of nitrogens with one attached hydrogen (secondary N) is 1. The SMILES string of the molecule is CCn1cc(Br)c(CNC(=O)c2cccc(COCC(F)(F)F)c2)n1. The van der Waals surface area contributed by atoms with E-state index in [0.717, 1.165) is 4.47 Å². The predicted molar refractivity (Wildman–Crippen MR) is 88.9 cm³/mol. The Morgan fingerprint density at radius 3 is 2.80 bits per heavy atom. The van der Waals surface area contributed by atoms with Gasteiger partial charge in [0.15, 0.2) is 0 Å². The number of aromatic nitrogens is 2. The molecule has 0 saturated heterocycles. The van der Waals surface area contributed by atoms with E-state index in [4.69, 9.17) is 0 Å². The molecular weight excluding hydrogens is 403 g/mol. The topological polar surface area (TPSA) is 56.2 Å². The molecule has 1 aromatic carbocycles. The third-order valence-electron chi connectivity index (χ3n) is 3.25. The lowest BCUT2D eigenvalue weighted by molar-refractivity contribution is -0.176. The maximum Gasteiger partial charge on any atom is 0.411 e. The van der Waals surface area contributed by atoms with Crippen LogP contribution in [-0.2, 0) is 24.4 Å². The summed E-state index contributed by atoms with van der Waals surface area (Å²) in [6.45, 7) is 1.37. The van der Waals surface area contributed by atoms with Gasteiger partial charge in [0, 0.05) is 18.3 Å². The molecule has 0 atom stereocenters. The molecule has 0 spiro atoms. The number of aryl methyl sites for hydroxylation is 1. The van der Waals surface area contributed by atoms with Crippen molar-refractivity contribution in [1.82, 2.24) is 15.1 Å². The molecule has 0 saturated carbocycles. The Bertz CT molecular complexity index is 732. The van der Waals surface area contributed by atoms with Crippen LogP contribution in [0.25, 0.3) is 0 Å². The highest BCUT2D eigenvalue weighted by atomic mass is 79.9. The number of nitrogens with zero attached hydrogens (tertiary/aromatic N) is 2. The molecule has 5 nitrogen and oxygen atoms in total. The van der Waals surface area contributed by atoms with E-state index in [1.54, 1.807) is 22.9 Å². The summed E-state index contributed by atoms with van der Waals surface area (Å²) < 4.78 is 43.4. The van der Waals surface area contributed by atoms with Crippen molar-refractivity contribution in [3.63, 3.8) is 0 Å². The highest BCUT2D eigenvalue weighted by Crippen LogP contribution is 2.17. The maximum absolute atomic E-state index is 12.2. The van der Waals surface area contributed by atoms with Gasteiger partial charge in [-0.1, -0.05) is 12.1 Å². The van der Waals surface area contributed by atoms with Crippen molar-refractivity contribution < 1.29 is 22.7 Å². The van der Waals surface area contributed by atoms with E-state index in [-0.39, 0.29) is 19.1 Å². The highest BCUT2D eigenvalue weighted by molar-refractivity contribution is 9.10. The summed E-state index contributed by atoms with van der Waals surface area (Å²) in [4.78, 5) is 12.2. The molecule has 0 aliphatic carbocycles. The zero-order valence-corrected chi connectivity index (χ0v) is 15.0. The van der Waals surface area contributed by atoms with Crippen LogP contribution in [-0.4, -0.2) is 28.5 Å². The molecule has 0 aliphatic rings. The lowest BCUT2D eigenvalue weighted by atomic mass is 10.1. The van der Waals surface area contributed by atoms with Gasteiger partial charge in [-0.05, 0) is 40.5 Å². The van der Waals surface area contributed by atoms with Crippen LogP contribution in [0.1, 0.15) is 28.5 Å². The number of carbonyl (C=O) groups excluding carboxylic acids is 1. The number of hydrogen-bond acceptors (Lipinski definition) is 3. The molecule has 0 fully saturated rings. The van der Waals surface area contributed by atoms with Crippen LogP contribution in [0.4, 0.5) is 13.2 Å². The van der Waals surface area contributed by atoms with Gasteiger partial charge in [-0.2, -0.15) is 18.3 Å². The molecule has 9 heteroatoms. The van der Waals surface area contributed by atoms with E-state index in [0.29, 0.717) is 23.4 Å². The van der Waals surface area contributed by atoms with Gasteiger partial charge in [-0.25, -0.2) is 0 Å².